The molecule has 1 heterocycles. The minimum absolute atomic E-state index is 0.241. The molecule has 1 fully saturated rings. The molecule has 0 unspecified atom stereocenters. The average molecular weight is 525 g/mol. The van der Waals surface area contributed by atoms with Crippen LogP contribution >= 0.6 is 0 Å². The summed E-state index contributed by atoms with van der Waals surface area (Å²) >= 11 is 0. The lowest BCUT2D eigenvalue weighted by Crippen LogP contribution is -2.63. The fourth-order valence-electron chi connectivity index (χ4n) is 3.87. The summed E-state index contributed by atoms with van der Waals surface area (Å²) in [5, 5.41) is 0. The van der Waals surface area contributed by atoms with Crippen LogP contribution < -0.4 is 4.74 Å². The van der Waals surface area contributed by atoms with Gasteiger partial charge in [-0.15, -0.1) is 0 Å². The van der Waals surface area contributed by atoms with Crippen LogP contribution in [0.1, 0.15) is 53.0 Å². The Labute approximate surface area is 216 Å². The lowest BCUT2D eigenvalue weighted by atomic mass is 9.98. The first-order chi connectivity index (χ1) is 17.6. The van der Waals surface area contributed by atoms with Gasteiger partial charge in [-0.05, 0) is 43.9 Å². The number of ether oxygens (including phenoxy) is 7. The molecule has 0 radical (unpaired) electrons. The molecule has 37 heavy (non-hydrogen) atoms. The van der Waals surface area contributed by atoms with Crippen molar-refractivity contribution in [1.82, 2.24) is 0 Å². The molecule has 206 valence electrons. The molecule has 1 aliphatic rings. The van der Waals surface area contributed by atoms with E-state index in [0.29, 0.717) is 13.0 Å². The van der Waals surface area contributed by atoms with E-state index in [9.17, 15) is 19.2 Å². The van der Waals surface area contributed by atoms with Crippen LogP contribution in [0, 0.1) is 0 Å². The SMILES string of the molecule is CCOc1ccc(CCCCO[C@@H]2O[C@H](COC(C)=O)[C@@H](OC(C)=O)[C@H](OC(C)=O)[C@H]2OC(C)=O)cc1. The number of carbonyl (C=O) groups excluding carboxylic acids is 4. The second-order valence-corrected chi connectivity index (χ2v) is 8.47. The maximum absolute atomic E-state index is 11.9. The summed E-state index contributed by atoms with van der Waals surface area (Å²) in [6.45, 7) is 7.22. The van der Waals surface area contributed by atoms with Crippen molar-refractivity contribution in [1.29, 1.82) is 0 Å². The molecule has 0 bridgehead atoms. The van der Waals surface area contributed by atoms with Gasteiger partial charge in [-0.1, -0.05) is 12.1 Å². The van der Waals surface area contributed by atoms with Gasteiger partial charge in [0.2, 0.25) is 0 Å². The van der Waals surface area contributed by atoms with Crippen molar-refractivity contribution in [2.75, 3.05) is 19.8 Å². The van der Waals surface area contributed by atoms with Crippen LogP contribution in [0.5, 0.6) is 5.75 Å². The number of unbranched alkanes of at least 4 members (excludes halogenated alkanes) is 1. The van der Waals surface area contributed by atoms with E-state index in [2.05, 4.69) is 0 Å². The third-order valence-corrected chi connectivity index (χ3v) is 5.32. The highest BCUT2D eigenvalue weighted by Gasteiger charge is 2.52. The molecule has 0 N–H and O–H groups in total. The van der Waals surface area contributed by atoms with Gasteiger partial charge in [-0.2, -0.15) is 0 Å². The topological polar surface area (TPSA) is 133 Å². The Bertz CT molecular complexity index is 898. The van der Waals surface area contributed by atoms with Crippen LogP contribution in [0.25, 0.3) is 0 Å². The molecule has 0 saturated carbocycles. The summed E-state index contributed by atoms with van der Waals surface area (Å²) in [6.07, 6.45) is -3.58. The smallest absolute Gasteiger partial charge is 0.303 e. The lowest BCUT2D eigenvalue weighted by molar-refractivity contribution is -0.308. The first kappa shape index (κ1) is 30.0. The minimum atomic E-state index is -1.24. The Morgan fingerprint density at radius 2 is 1.38 bits per heavy atom. The standard InChI is InChI=1S/C26H36O11/c1-6-31-21-12-10-20(11-13-21)9-7-8-14-32-26-25(36-19(5)30)24(35-18(4)29)23(34-17(3)28)22(37-26)15-33-16(2)27/h10-13,22-26H,6-9,14-15H2,1-5H3/t22-,23-,24+,25-,26-/m1/s1. The van der Waals surface area contributed by atoms with Crippen LogP contribution in [0.15, 0.2) is 24.3 Å². The summed E-state index contributed by atoms with van der Waals surface area (Å²) < 4.78 is 38.4. The number of esters is 4. The monoisotopic (exact) mass is 524 g/mol. The highest BCUT2D eigenvalue weighted by molar-refractivity contribution is 5.68. The van der Waals surface area contributed by atoms with Crippen molar-refractivity contribution < 1.29 is 52.3 Å². The van der Waals surface area contributed by atoms with E-state index < -0.39 is 54.6 Å². The Balaban J connectivity index is 2.09. The van der Waals surface area contributed by atoms with Crippen molar-refractivity contribution >= 4 is 23.9 Å². The van der Waals surface area contributed by atoms with E-state index >= 15 is 0 Å². The molecular weight excluding hydrogens is 488 g/mol. The summed E-state index contributed by atoms with van der Waals surface area (Å²) in [6, 6.07) is 7.86. The van der Waals surface area contributed by atoms with Crippen LogP contribution in [-0.4, -0.2) is 74.4 Å². The predicted molar refractivity (Wildman–Crippen MR) is 128 cm³/mol. The van der Waals surface area contributed by atoms with E-state index in [-0.39, 0.29) is 13.2 Å². The van der Waals surface area contributed by atoms with Crippen molar-refractivity contribution in [3.8, 4) is 5.75 Å². The zero-order valence-electron chi connectivity index (χ0n) is 21.9. The summed E-state index contributed by atoms with van der Waals surface area (Å²) in [7, 11) is 0. The lowest BCUT2D eigenvalue weighted by Gasteiger charge is -2.44. The summed E-state index contributed by atoms with van der Waals surface area (Å²) in [4.78, 5) is 46.9. The van der Waals surface area contributed by atoms with Gasteiger partial charge >= 0.3 is 23.9 Å². The highest BCUT2D eigenvalue weighted by atomic mass is 16.7. The first-order valence-corrected chi connectivity index (χ1v) is 12.2. The molecule has 1 aromatic rings. The zero-order valence-corrected chi connectivity index (χ0v) is 21.9. The Kier molecular flexibility index (Phi) is 12.3. The van der Waals surface area contributed by atoms with Crippen LogP contribution in [0.4, 0.5) is 0 Å². The van der Waals surface area contributed by atoms with Crippen LogP contribution in [0.3, 0.4) is 0 Å². The van der Waals surface area contributed by atoms with E-state index in [1.54, 1.807) is 0 Å². The van der Waals surface area contributed by atoms with Gasteiger partial charge in [0.15, 0.2) is 24.6 Å². The Morgan fingerprint density at radius 3 is 1.95 bits per heavy atom. The largest absolute Gasteiger partial charge is 0.494 e. The Morgan fingerprint density at radius 1 is 0.784 bits per heavy atom. The quantitative estimate of drug-likeness (QED) is 0.214. The molecule has 0 aliphatic carbocycles. The molecule has 0 aromatic heterocycles. The first-order valence-electron chi connectivity index (χ1n) is 12.2. The predicted octanol–water partition coefficient (Wildman–Crippen LogP) is 2.51. The molecule has 1 aliphatic heterocycles. The van der Waals surface area contributed by atoms with Gasteiger partial charge < -0.3 is 33.2 Å². The van der Waals surface area contributed by atoms with Gasteiger partial charge in [-0.25, -0.2) is 0 Å². The number of rotatable bonds is 13. The fraction of sp³-hybridized carbons (Fsp3) is 0.615. The molecule has 0 spiro atoms. The molecule has 0 amide bonds. The number of benzene rings is 1. The number of hydrogen-bond acceptors (Lipinski definition) is 11. The molecule has 11 heteroatoms. The van der Waals surface area contributed by atoms with Gasteiger partial charge in [0.05, 0.1) is 6.61 Å². The van der Waals surface area contributed by atoms with E-state index in [1.165, 1.54) is 27.7 Å². The van der Waals surface area contributed by atoms with E-state index in [0.717, 1.165) is 24.2 Å². The maximum Gasteiger partial charge on any atom is 0.303 e. The third-order valence-electron chi connectivity index (χ3n) is 5.32. The number of aryl methyl sites for hydroxylation is 1. The summed E-state index contributed by atoms with van der Waals surface area (Å²) in [5.41, 5.74) is 1.15. The van der Waals surface area contributed by atoms with Gasteiger partial charge in [-0.3, -0.25) is 19.2 Å². The zero-order chi connectivity index (χ0) is 27.4. The van der Waals surface area contributed by atoms with Gasteiger partial charge in [0.25, 0.3) is 0 Å². The minimum Gasteiger partial charge on any atom is -0.494 e. The third kappa shape index (κ3) is 10.4. The van der Waals surface area contributed by atoms with Crippen LogP contribution in [-0.2, 0) is 54.0 Å². The normalized spacial score (nSPS) is 23.0. The van der Waals surface area contributed by atoms with Gasteiger partial charge in [0, 0.05) is 34.3 Å². The second-order valence-electron chi connectivity index (χ2n) is 8.47. The molecule has 2 rings (SSSR count). The van der Waals surface area contributed by atoms with Crippen molar-refractivity contribution in [3.63, 3.8) is 0 Å². The maximum atomic E-state index is 11.9. The molecular formula is C26H36O11. The molecule has 11 nitrogen and oxygen atoms in total. The van der Waals surface area contributed by atoms with E-state index in [1.807, 2.05) is 31.2 Å². The average Bonchev–Trinajstić information content (AvgIpc) is 2.81. The molecule has 1 aromatic carbocycles. The fourth-order valence-corrected chi connectivity index (χ4v) is 3.87. The van der Waals surface area contributed by atoms with Crippen LogP contribution in [0.2, 0.25) is 0 Å². The highest BCUT2D eigenvalue weighted by Crippen LogP contribution is 2.30. The van der Waals surface area contributed by atoms with Crippen molar-refractivity contribution in [3.05, 3.63) is 29.8 Å². The van der Waals surface area contributed by atoms with E-state index in [4.69, 9.17) is 33.2 Å². The number of hydrogen-bond donors (Lipinski definition) is 0. The Hall–Kier alpha value is -3.18. The number of carbonyl (C=O) groups is 4. The van der Waals surface area contributed by atoms with Gasteiger partial charge in [0.1, 0.15) is 18.5 Å². The summed E-state index contributed by atoms with van der Waals surface area (Å²) in [5.74, 6) is -1.81. The molecule has 5 atom stereocenters. The van der Waals surface area contributed by atoms with Crippen molar-refractivity contribution in [2.24, 2.45) is 0 Å². The van der Waals surface area contributed by atoms with Crippen molar-refractivity contribution in [2.45, 2.75) is 84.6 Å². The molecule has 1 saturated heterocycles. The second kappa shape index (κ2) is 15.2.